The number of hydrogen-bond acceptors (Lipinski definition) is 4. The van der Waals surface area contributed by atoms with Gasteiger partial charge in [-0.05, 0) is 35.7 Å². The number of fused-ring (bicyclic) bond motifs is 1. The minimum atomic E-state index is -0.462. The standard InChI is InChI=1S/C20H22N2O3/c1-14(23)22-11-10-16-13-17(8-9-19(16)22)21-18(20(24)25-2)12-15-6-4-3-5-7-15/h3-9,13,18,21H,10-12H2,1-2H3/t18-/m1/s1. The van der Waals surface area contributed by atoms with Crippen LogP contribution in [-0.4, -0.2) is 31.6 Å². The van der Waals surface area contributed by atoms with Gasteiger partial charge in [0.25, 0.3) is 0 Å². The number of amides is 1. The predicted octanol–water partition coefficient (Wildman–Crippen LogP) is 2.79. The fourth-order valence-electron chi connectivity index (χ4n) is 3.21. The highest BCUT2D eigenvalue weighted by atomic mass is 16.5. The van der Waals surface area contributed by atoms with Crippen molar-refractivity contribution < 1.29 is 14.3 Å². The Morgan fingerprint density at radius 3 is 2.64 bits per heavy atom. The molecule has 0 unspecified atom stereocenters. The van der Waals surface area contributed by atoms with Gasteiger partial charge in [-0.15, -0.1) is 0 Å². The Bertz CT molecular complexity index is 774. The molecule has 5 heteroatoms. The van der Waals surface area contributed by atoms with E-state index in [1.54, 1.807) is 11.8 Å². The second kappa shape index (κ2) is 7.38. The van der Waals surface area contributed by atoms with Crippen molar-refractivity contribution in [2.24, 2.45) is 0 Å². The Labute approximate surface area is 147 Å². The molecule has 3 rings (SSSR count). The zero-order valence-electron chi connectivity index (χ0n) is 14.5. The molecule has 25 heavy (non-hydrogen) atoms. The Balaban J connectivity index is 1.78. The van der Waals surface area contributed by atoms with Gasteiger partial charge in [-0.1, -0.05) is 30.3 Å². The molecule has 0 saturated heterocycles. The summed E-state index contributed by atoms with van der Waals surface area (Å²) in [7, 11) is 1.40. The molecule has 130 valence electrons. The van der Waals surface area contributed by atoms with E-state index in [1.807, 2.05) is 48.5 Å². The number of anilines is 2. The molecule has 5 nitrogen and oxygen atoms in total. The second-order valence-corrected chi connectivity index (χ2v) is 6.17. The Morgan fingerprint density at radius 1 is 1.20 bits per heavy atom. The quantitative estimate of drug-likeness (QED) is 0.852. The van der Waals surface area contributed by atoms with Gasteiger partial charge < -0.3 is 15.0 Å². The molecular formula is C20H22N2O3. The topological polar surface area (TPSA) is 58.6 Å². The lowest BCUT2D eigenvalue weighted by Crippen LogP contribution is -2.32. The predicted molar refractivity (Wildman–Crippen MR) is 97.7 cm³/mol. The first-order valence-electron chi connectivity index (χ1n) is 8.38. The van der Waals surface area contributed by atoms with Crippen molar-refractivity contribution in [3.63, 3.8) is 0 Å². The summed E-state index contributed by atoms with van der Waals surface area (Å²) in [4.78, 5) is 25.6. The van der Waals surface area contributed by atoms with E-state index in [0.717, 1.165) is 28.9 Å². The van der Waals surface area contributed by atoms with E-state index in [4.69, 9.17) is 4.74 Å². The Morgan fingerprint density at radius 2 is 1.96 bits per heavy atom. The van der Waals surface area contributed by atoms with Crippen LogP contribution in [0.1, 0.15) is 18.1 Å². The molecule has 1 amide bonds. The number of rotatable bonds is 5. The van der Waals surface area contributed by atoms with Crippen LogP contribution in [0.4, 0.5) is 11.4 Å². The summed E-state index contributed by atoms with van der Waals surface area (Å²) in [6.45, 7) is 2.28. The molecule has 0 radical (unpaired) electrons. The van der Waals surface area contributed by atoms with Gasteiger partial charge in [0.2, 0.25) is 5.91 Å². The summed E-state index contributed by atoms with van der Waals surface area (Å²) in [6, 6.07) is 15.2. The number of hydrogen-bond donors (Lipinski definition) is 1. The van der Waals surface area contributed by atoms with Gasteiger partial charge in [-0.3, -0.25) is 4.79 Å². The molecule has 1 aliphatic heterocycles. The zero-order chi connectivity index (χ0) is 17.8. The van der Waals surface area contributed by atoms with Crippen LogP contribution in [0.2, 0.25) is 0 Å². The first-order valence-corrected chi connectivity index (χ1v) is 8.38. The largest absolute Gasteiger partial charge is 0.467 e. The number of nitrogens with one attached hydrogen (secondary N) is 1. The molecule has 0 bridgehead atoms. The van der Waals surface area contributed by atoms with Crippen LogP contribution >= 0.6 is 0 Å². The third-order valence-electron chi connectivity index (χ3n) is 4.46. The van der Waals surface area contributed by atoms with E-state index in [1.165, 1.54) is 7.11 Å². The lowest BCUT2D eigenvalue weighted by Gasteiger charge is -2.19. The van der Waals surface area contributed by atoms with Gasteiger partial charge in [0.1, 0.15) is 6.04 Å². The number of esters is 1. The number of benzene rings is 2. The summed E-state index contributed by atoms with van der Waals surface area (Å²) in [5, 5.41) is 3.27. The average molecular weight is 338 g/mol. The van der Waals surface area contributed by atoms with Crippen molar-refractivity contribution in [3.05, 3.63) is 59.7 Å². The van der Waals surface area contributed by atoms with E-state index in [9.17, 15) is 9.59 Å². The first-order chi connectivity index (χ1) is 12.1. The summed E-state index contributed by atoms with van der Waals surface area (Å²) in [6.07, 6.45) is 1.37. The van der Waals surface area contributed by atoms with Crippen LogP contribution in [0.3, 0.4) is 0 Å². The number of ether oxygens (including phenoxy) is 1. The van der Waals surface area contributed by atoms with Crippen LogP contribution in [0.25, 0.3) is 0 Å². The number of methoxy groups -OCH3 is 1. The fourth-order valence-corrected chi connectivity index (χ4v) is 3.21. The van der Waals surface area contributed by atoms with Crippen LogP contribution in [0, 0.1) is 0 Å². The van der Waals surface area contributed by atoms with Gasteiger partial charge in [0, 0.05) is 31.3 Å². The lowest BCUT2D eigenvalue weighted by atomic mass is 10.0. The first kappa shape index (κ1) is 17.0. The van der Waals surface area contributed by atoms with Crippen molar-refractivity contribution in [1.82, 2.24) is 0 Å². The smallest absolute Gasteiger partial charge is 0.328 e. The third kappa shape index (κ3) is 3.82. The lowest BCUT2D eigenvalue weighted by molar-refractivity contribution is -0.141. The summed E-state index contributed by atoms with van der Waals surface area (Å²) >= 11 is 0. The molecule has 0 aliphatic carbocycles. The van der Waals surface area contributed by atoms with Gasteiger partial charge in [-0.25, -0.2) is 4.79 Å². The number of carbonyl (C=O) groups is 2. The molecule has 2 aromatic carbocycles. The number of carbonyl (C=O) groups excluding carboxylic acids is 2. The highest BCUT2D eigenvalue weighted by molar-refractivity contribution is 5.94. The molecule has 1 aliphatic rings. The molecule has 0 saturated carbocycles. The molecule has 2 aromatic rings. The van der Waals surface area contributed by atoms with E-state index in [-0.39, 0.29) is 11.9 Å². The maximum atomic E-state index is 12.2. The van der Waals surface area contributed by atoms with E-state index in [0.29, 0.717) is 13.0 Å². The van der Waals surface area contributed by atoms with E-state index < -0.39 is 6.04 Å². The SMILES string of the molecule is COC(=O)[C@@H](Cc1ccccc1)Nc1ccc2c(c1)CCN2C(C)=O. The molecule has 1 N–H and O–H groups in total. The molecule has 0 fully saturated rings. The number of nitrogens with zero attached hydrogens (tertiary/aromatic N) is 1. The average Bonchev–Trinajstić information content (AvgIpc) is 3.05. The monoisotopic (exact) mass is 338 g/mol. The minimum Gasteiger partial charge on any atom is -0.467 e. The molecule has 0 spiro atoms. The van der Waals surface area contributed by atoms with Crippen molar-refractivity contribution in [3.8, 4) is 0 Å². The van der Waals surface area contributed by atoms with Crippen molar-refractivity contribution in [1.29, 1.82) is 0 Å². The minimum absolute atomic E-state index is 0.0518. The van der Waals surface area contributed by atoms with Crippen LogP contribution in [0.15, 0.2) is 48.5 Å². The van der Waals surface area contributed by atoms with Crippen molar-refractivity contribution in [2.75, 3.05) is 23.9 Å². The highest BCUT2D eigenvalue weighted by Gasteiger charge is 2.24. The molecule has 1 heterocycles. The van der Waals surface area contributed by atoms with E-state index >= 15 is 0 Å². The molecular weight excluding hydrogens is 316 g/mol. The maximum Gasteiger partial charge on any atom is 0.328 e. The molecule has 1 atom stereocenters. The summed E-state index contributed by atoms with van der Waals surface area (Å²) < 4.78 is 4.94. The van der Waals surface area contributed by atoms with Crippen LogP contribution < -0.4 is 10.2 Å². The highest BCUT2D eigenvalue weighted by Crippen LogP contribution is 2.30. The Kier molecular flexibility index (Phi) is 5.03. The fraction of sp³-hybridized carbons (Fsp3) is 0.300. The normalized spacial score (nSPS) is 13.9. The van der Waals surface area contributed by atoms with Gasteiger partial charge in [0.05, 0.1) is 7.11 Å². The van der Waals surface area contributed by atoms with E-state index in [2.05, 4.69) is 5.32 Å². The molecule has 0 aromatic heterocycles. The van der Waals surface area contributed by atoms with Crippen molar-refractivity contribution >= 4 is 23.3 Å². The van der Waals surface area contributed by atoms with Gasteiger partial charge in [-0.2, -0.15) is 0 Å². The summed E-state index contributed by atoms with van der Waals surface area (Å²) in [5.74, 6) is -0.245. The maximum absolute atomic E-state index is 12.2. The zero-order valence-corrected chi connectivity index (χ0v) is 14.5. The third-order valence-corrected chi connectivity index (χ3v) is 4.46. The summed E-state index contributed by atoms with van der Waals surface area (Å²) in [5.41, 5.74) is 3.99. The van der Waals surface area contributed by atoms with Gasteiger partial charge >= 0.3 is 5.97 Å². The second-order valence-electron chi connectivity index (χ2n) is 6.17. The van der Waals surface area contributed by atoms with Crippen LogP contribution in [-0.2, 0) is 27.2 Å². The Hall–Kier alpha value is -2.82. The van der Waals surface area contributed by atoms with Crippen molar-refractivity contribution in [2.45, 2.75) is 25.8 Å². The van der Waals surface area contributed by atoms with Crippen LogP contribution in [0.5, 0.6) is 0 Å². The van der Waals surface area contributed by atoms with Gasteiger partial charge in [0.15, 0.2) is 0 Å².